The molecule has 708 valence electrons. The largest absolute Gasteiger partial charge is 0.417 e. The van der Waals surface area contributed by atoms with Crippen molar-refractivity contribution in [3.63, 3.8) is 0 Å². The summed E-state index contributed by atoms with van der Waals surface area (Å²) in [6.07, 6.45) is 1.53. The third kappa shape index (κ3) is 35.7. The summed E-state index contributed by atoms with van der Waals surface area (Å²) in [5, 5.41) is 0. The van der Waals surface area contributed by atoms with Crippen LogP contribution in [0.15, 0.2) is 389 Å². The molecule has 5 aliphatic heterocycles. The van der Waals surface area contributed by atoms with E-state index in [0.29, 0.717) is 11.1 Å². The van der Waals surface area contributed by atoms with Crippen LogP contribution in [0.5, 0.6) is 0 Å². The minimum Gasteiger partial charge on any atom is -0.252 e. The summed E-state index contributed by atoms with van der Waals surface area (Å²) in [6.45, 7) is 52.6. The fraction of sp³-hybridized carbons (Fsp3) is 0.258. The number of rotatable bonds is 7. The highest BCUT2D eigenvalue weighted by Gasteiger charge is 2.34. The fourth-order valence-electron chi connectivity index (χ4n) is 14.6. The minimum atomic E-state index is -4.33. The van der Waals surface area contributed by atoms with Gasteiger partial charge < -0.3 is 0 Å². The van der Waals surface area contributed by atoms with Crippen LogP contribution in [0.4, 0.5) is 41.6 Å². The van der Waals surface area contributed by atoms with Gasteiger partial charge in [0, 0.05) is 32.1 Å². The molecule has 0 fully saturated rings. The van der Waals surface area contributed by atoms with E-state index in [4.69, 9.17) is 20.0 Å². The normalized spacial score (nSPS) is 11.4. The van der Waals surface area contributed by atoms with E-state index >= 15 is 0 Å². The summed E-state index contributed by atoms with van der Waals surface area (Å²) < 4.78 is 39.4. The van der Waals surface area contributed by atoms with Crippen LogP contribution >= 0.6 is 0 Å². The summed E-state index contributed by atoms with van der Waals surface area (Å²) in [4.78, 5) is 23.9. The molecule has 0 spiro atoms. The van der Waals surface area contributed by atoms with Gasteiger partial charge in [0.1, 0.15) is 0 Å². The number of para-hydroxylation sites is 3. The number of aryl methyl sites for hydroxylation is 10. The molecule has 15 aromatic rings. The Labute approximate surface area is 817 Å². The number of fused-ring (bicyclic) bond motifs is 5. The van der Waals surface area contributed by atoms with Crippen molar-refractivity contribution >= 4 is 57.0 Å². The Morgan fingerprint density at radius 3 is 0.706 bits per heavy atom. The zero-order chi connectivity index (χ0) is 99.9. The average molecular weight is 1820 g/mol. The molecule has 0 atom stereocenters. The van der Waals surface area contributed by atoms with Crippen LogP contribution in [0.1, 0.15) is 234 Å². The van der Waals surface area contributed by atoms with Gasteiger partial charge in [0.25, 0.3) is 0 Å². The predicted octanol–water partition coefficient (Wildman–Crippen LogP) is 37.9. The van der Waals surface area contributed by atoms with E-state index in [1.165, 1.54) is 124 Å². The lowest BCUT2D eigenvalue weighted by atomic mass is 9.93. The molecule has 20 rings (SSSR count). The lowest BCUT2D eigenvalue weighted by Crippen LogP contribution is -2.08. The van der Waals surface area contributed by atoms with Crippen molar-refractivity contribution in [1.29, 1.82) is 0 Å². The molecule has 0 bridgehead atoms. The molecule has 0 aliphatic carbocycles. The van der Waals surface area contributed by atoms with E-state index in [-0.39, 0.29) is 5.56 Å². The standard InChI is InChI=1S/2C22H16N2.C16H15F3.C16H18.C14H11N.3C7H8.C3H8.7C2H6/c1-3-7-19-17(5-1)13-21(23-19)15-9-11-16(12-10-15)22-14-18-6-2-4-8-20(18)24-22;1-3-7-15(8-4-1)19-12-17-11-18-13-20(16-9-5-2-6-10-16)24-22(18)14-21(17)23-19;1-10-4-6-13(12(3)8-10)14-7-5-11(2)9-15(14)16(17,18)19;1-11-5-7-15(9-13(11)3)16-8-6-12(2)14(4)10-16;1-2-6-11(7-3-1)14-10-12-8-4-5-9-13(12)15-14;3*1-7-5-3-2-4-6-7;1-3-2;7*1-2/h1-12H,13-14H2;1-11,14H,12-13H2;4-9H,1-3H3;5-10H,1-4H3;1-9H,10H2;3*2-6H,1H3;3H2,1-2H3;7*1-2H3. The van der Waals surface area contributed by atoms with Crippen molar-refractivity contribution in [3.8, 4) is 22.3 Å². The van der Waals surface area contributed by atoms with Gasteiger partial charge in [0.15, 0.2) is 0 Å². The number of alkyl halides is 3. The lowest BCUT2D eigenvalue weighted by molar-refractivity contribution is -0.137. The van der Waals surface area contributed by atoms with Crippen molar-refractivity contribution in [2.75, 3.05) is 0 Å². The van der Waals surface area contributed by atoms with Crippen molar-refractivity contribution < 1.29 is 13.2 Å². The third-order valence-electron chi connectivity index (χ3n) is 21.5. The maximum Gasteiger partial charge on any atom is 0.417 e. The molecular weight excluding hydrogens is 1660 g/mol. The second-order valence-electron chi connectivity index (χ2n) is 31.5. The molecule has 0 unspecified atom stereocenters. The SMILES string of the molecule is CC.CC.CC.CC.CC.CC.CC.CCC.Cc1ccc(-c2ccc(C)c(C)c2)cc1C.Cc1ccc(-c2ccc(C)cc2C(F)(F)F)c(C)c1.Cc1ccccc1.Cc1ccccc1.Cc1ccccc1.c1ccc(C2=Nc3cc4c(cc3C2)CC(c2ccccc2)=N4)cc1.c1ccc(C2=Nc3ccccc3C2)cc1.c1ccc2c(c1)CC(c1ccc(C3=Nc4ccccc4C3)cc1)=N2. The first-order valence-electron chi connectivity index (χ1n) is 49.1. The first kappa shape index (κ1) is 113. The number of halogens is 3. The molecule has 8 heteroatoms. The number of hydrogen-bond donors (Lipinski definition) is 0. The molecule has 136 heavy (non-hydrogen) atoms. The van der Waals surface area contributed by atoms with Crippen LogP contribution < -0.4 is 0 Å². The number of hydrogen-bond acceptors (Lipinski definition) is 5. The first-order valence-corrected chi connectivity index (χ1v) is 49.1. The van der Waals surface area contributed by atoms with Crippen molar-refractivity contribution in [2.24, 2.45) is 25.0 Å². The van der Waals surface area contributed by atoms with Gasteiger partial charge in [-0.15, -0.1) is 0 Å². The first-order chi connectivity index (χ1) is 66.1. The summed E-state index contributed by atoms with van der Waals surface area (Å²) in [6, 6.07) is 124. The molecule has 5 heterocycles. The van der Waals surface area contributed by atoms with Crippen LogP contribution in [-0.2, 0) is 38.3 Å². The van der Waals surface area contributed by atoms with Crippen LogP contribution in [0.2, 0.25) is 0 Å². The van der Waals surface area contributed by atoms with E-state index in [1.54, 1.807) is 25.1 Å². The van der Waals surface area contributed by atoms with Crippen molar-refractivity contribution in [3.05, 3.63) is 481 Å². The molecule has 0 saturated heterocycles. The van der Waals surface area contributed by atoms with Crippen LogP contribution in [0.25, 0.3) is 22.3 Å². The van der Waals surface area contributed by atoms with Gasteiger partial charge in [-0.3, -0.25) is 25.0 Å². The molecule has 0 N–H and O–H groups in total. The van der Waals surface area contributed by atoms with Crippen LogP contribution in [0, 0.1) is 69.2 Å². The average Bonchev–Trinajstić information content (AvgIpc) is 1.48. The van der Waals surface area contributed by atoms with Gasteiger partial charge in [-0.05, 0) is 205 Å². The van der Waals surface area contributed by atoms with Gasteiger partial charge in [-0.25, -0.2) is 0 Å². The topological polar surface area (TPSA) is 61.8 Å². The van der Waals surface area contributed by atoms with Gasteiger partial charge >= 0.3 is 6.18 Å². The number of nitrogens with zero attached hydrogens (tertiary/aromatic N) is 5. The van der Waals surface area contributed by atoms with E-state index in [2.05, 4.69) is 304 Å². The molecule has 15 aromatic carbocycles. The Hall–Kier alpha value is -13.6. The third-order valence-corrected chi connectivity index (χ3v) is 21.5. The number of benzene rings is 15. The van der Waals surface area contributed by atoms with Gasteiger partial charge in [0.05, 0.1) is 62.6 Å². The highest BCUT2D eigenvalue weighted by molar-refractivity contribution is 6.11. The minimum absolute atomic E-state index is 0.246. The Balaban J connectivity index is 0.000000276. The predicted molar refractivity (Wildman–Crippen MR) is 592 cm³/mol. The molecule has 0 radical (unpaired) electrons. The summed E-state index contributed by atoms with van der Waals surface area (Å²) in [5.41, 5.74) is 38.7. The zero-order valence-electron chi connectivity index (χ0n) is 86.3. The Morgan fingerprint density at radius 1 is 0.199 bits per heavy atom. The molecule has 5 nitrogen and oxygen atoms in total. The Bertz CT molecular complexity index is 5850. The van der Waals surface area contributed by atoms with Crippen LogP contribution in [-0.4, -0.2) is 28.6 Å². The summed E-state index contributed by atoms with van der Waals surface area (Å²) >= 11 is 0. The highest BCUT2D eigenvalue weighted by atomic mass is 19.4. The second kappa shape index (κ2) is 62.1. The maximum atomic E-state index is 13.1. The molecule has 0 saturated carbocycles. The molecular formula is C128H150F3N5. The Morgan fingerprint density at radius 2 is 0.441 bits per heavy atom. The number of aliphatic imine (C=N–C) groups is 5. The quantitative estimate of drug-likeness (QED) is 0.153. The second-order valence-corrected chi connectivity index (χ2v) is 31.5. The van der Waals surface area contributed by atoms with Gasteiger partial charge in [-0.2, -0.15) is 13.2 Å². The van der Waals surface area contributed by atoms with Gasteiger partial charge in [-0.1, -0.05) is 479 Å². The van der Waals surface area contributed by atoms with E-state index in [1.807, 2.05) is 214 Å². The van der Waals surface area contributed by atoms with E-state index in [9.17, 15) is 13.2 Å². The Kier molecular flexibility index (Phi) is 51.6. The summed E-state index contributed by atoms with van der Waals surface area (Å²) in [7, 11) is 0. The zero-order valence-corrected chi connectivity index (χ0v) is 86.3. The molecule has 5 aliphatic rings. The fourth-order valence-corrected chi connectivity index (χ4v) is 14.6. The van der Waals surface area contributed by atoms with E-state index in [0.717, 1.165) is 94.5 Å². The van der Waals surface area contributed by atoms with Gasteiger partial charge in [0.2, 0.25) is 0 Å². The maximum absolute atomic E-state index is 13.1. The van der Waals surface area contributed by atoms with Crippen LogP contribution in [0.3, 0.4) is 0 Å². The van der Waals surface area contributed by atoms with Crippen molar-refractivity contribution in [2.45, 2.75) is 225 Å². The highest BCUT2D eigenvalue weighted by Crippen LogP contribution is 2.42. The smallest absolute Gasteiger partial charge is 0.252 e. The monoisotopic (exact) mass is 1810 g/mol. The van der Waals surface area contributed by atoms with Crippen molar-refractivity contribution in [1.82, 2.24) is 0 Å². The van der Waals surface area contributed by atoms with E-state index < -0.39 is 11.7 Å². The molecule has 0 aromatic heterocycles. The molecule has 0 amide bonds. The lowest BCUT2D eigenvalue weighted by Gasteiger charge is -2.16. The summed E-state index contributed by atoms with van der Waals surface area (Å²) in [5.74, 6) is 0.